The lowest BCUT2D eigenvalue weighted by atomic mass is 11.7. The van der Waals surface area contributed by atoms with Gasteiger partial charge in [0.25, 0.3) is 0 Å². The highest BCUT2D eigenvalue weighted by molar-refractivity contribution is 6.99. The average molecular weight is 159 g/mol. The van der Waals surface area contributed by atoms with Crippen LogP contribution < -0.4 is 0 Å². The Kier molecular flexibility index (Phi) is 2.59. The van der Waals surface area contributed by atoms with Crippen LogP contribution in [0.4, 0.5) is 0 Å². The SMILES string of the molecule is C[Si](C)(C)[CH+][Si](C)(C)C. The van der Waals surface area contributed by atoms with Crippen molar-refractivity contribution in [2.75, 3.05) is 0 Å². The molecule has 0 saturated carbocycles. The zero-order chi connectivity index (χ0) is 7.71. The maximum absolute atomic E-state index is 2.65. The predicted octanol–water partition coefficient (Wildman–Crippen LogP) is 2.95. The second-order valence-electron chi connectivity index (χ2n) is 4.88. The minimum absolute atomic E-state index is 0.856. The minimum atomic E-state index is -0.856. The fraction of sp³-hybridized carbons (Fsp3) is 0.857. The third-order valence-electron chi connectivity index (χ3n) is 0.866. The van der Waals surface area contributed by atoms with Crippen molar-refractivity contribution in [3.05, 3.63) is 5.67 Å². The standard InChI is InChI=1S/C7H19Si2/c1-8(2,3)7-9(4,5)6/h7H,1-6H3/q+1. The highest BCUT2D eigenvalue weighted by Crippen LogP contribution is 2.15. The van der Waals surface area contributed by atoms with Crippen LogP contribution in [0.3, 0.4) is 0 Å². The van der Waals surface area contributed by atoms with E-state index < -0.39 is 16.1 Å². The maximum Gasteiger partial charge on any atom is 0.242 e. The van der Waals surface area contributed by atoms with E-state index in [9.17, 15) is 0 Å². The smallest absolute Gasteiger partial charge is 0.0292 e. The van der Waals surface area contributed by atoms with Gasteiger partial charge in [-0.2, -0.15) is 0 Å². The fourth-order valence-corrected chi connectivity index (χ4v) is 11.7. The van der Waals surface area contributed by atoms with E-state index in [1.165, 1.54) is 0 Å². The van der Waals surface area contributed by atoms with Crippen molar-refractivity contribution in [3.8, 4) is 0 Å². The molecule has 0 aliphatic heterocycles. The van der Waals surface area contributed by atoms with Crippen LogP contribution in [0.25, 0.3) is 0 Å². The van der Waals surface area contributed by atoms with Crippen molar-refractivity contribution in [2.24, 2.45) is 0 Å². The first-order valence-electron chi connectivity index (χ1n) is 3.58. The van der Waals surface area contributed by atoms with Crippen molar-refractivity contribution in [1.29, 1.82) is 0 Å². The summed E-state index contributed by atoms with van der Waals surface area (Å²) in [7, 11) is -1.71. The molecule has 0 saturated heterocycles. The molecule has 9 heavy (non-hydrogen) atoms. The summed E-state index contributed by atoms with van der Waals surface area (Å²) in [4.78, 5) is 0. The van der Waals surface area contributed by atoms with E-state index >= 15 is 0 Å². The zero-order valence-corrected chi connectivity index (χ0v) is 9.58. The molecule has 0 aliphatic rings. The lowest BCUT2D eigenvalue weighted by Gasteiger charge is -2.13. The summed E-state index contributed by atoms with van der Waals surface area (Å²) in [6.07, 6.45) is 0. The molecule has 0 amide bonds. The molecule has 0 radical (unpaired) electrons. The quantitative estimate of drug-likeness (QED) is 0.429. The fourth-order valence-electron chi connectivity index (χ4n) is 1.30. The number of hydrogen-bond donors (Lipinski definition) is 0. The topological polar surface area (TPSA) is 0 Å². The van der Waals surface area contributed by atoms with Gasteiger partial charge in [-0.15, -0.1) is 0 Å². The predicted molar refractivity (Wildman–Crippen MR) is 51.0 cm³/mol. The van der Waals surface area contributed by atoms with Gasteiger partial charge in [0.1, 0.15) is 0 Å². The van der Waals surface area contributed by atoms with Crippen LogP contribution >= 0.6 is 0 Å². The molecule has 2 heteroatoms. The molecule has 0 aromatic carbocycles. The van der Waals surface area contributed by atoms with Crippen molar-refractivity contribution in [3.63, 3.8) is 0 Å². The molecule has 0 fully saturated rings. The van der Waals surface area contributed by atoms with Crippen molar-refractivity contribution >= 4 is 16.1 Å². The number of hydrogen-bond acceptors (Lipinski definition) is 0. The second-order valence-corrected chi connectivity index (χ2v) is 15.5. The van der Waals surface area contributed by atoms with E-state index in [1.54, 1.807) is 0 Å². The van der Waals surface area contributed by atoms with Crippen LogP contribution in [0.2, 0.25) is 39.3 Å². The first kappa shape index (κ1) is 9.30. The van der Waals surface area contributed by atoms with Crippen molar-refractivity contribution in [1.82, 2.24) is 0 Å². The van der Waals surface area contributed by atoms with Crippen molar-refractivity contribution < 1.29 is 0 Å². The Morgan fingerprint density at radius 1 is 0.667 bits per heavy atom. The van der Waals surface area contributed by atoms with Gasteiger partial charge in [0, 0.05) is 0 Å². The zero-order valence-electron chi connectivity index (χ0n) is 7.58. The molecule has 0 aromatic heterocycles. The Morgan fingerprint density at radius 3 is 0.889 bits per heavy atom. The van der Waals surface area contributed by atoms with Crippen LogP contribution in [0, 0.1) is 5.67 Å². The first-order valence-corrected chi connectivity index (χ1v) is 10.7. The maximum atomic E-state index is 2.65. The van der Waals surface area contributed by atoms with E-state index in [-0.39, 0.29) is 0 Å². The van der Waals surface area contributed by atoms with Gasteiger partial charge in [-0.3, -0.25) is 0 Å². The summed E-state index contributed by atoms with van der Waals surface area (Å²) in [5, 5.41) is 0. The van der Waals surface area contributed by atoms with Gasteiger partial charge in [0.2, 0.25) is 16.1 Å². The monoisotopic (exact) mass is 159 g/mol. The third-order valence-corrected chi connectivity index (χ3v) is 7.79. The summed E-state index contributed by atoms with van der Waals surface area (Å²) >= 11 is 0. The van der Waals surface area contributed by atoms with E-state index in [2.05, 4.69) is 44.9 Å². The lowest BCUT2D eigenvalue weighted by molar-refractivity contribution is 1.65. The molecule has 0 bridgehead atoms. The molecule has 0 nitrogen and oxygen atoms in total. The Hall–Kier alpha value is 0.304. The molecule has 0 rings (SSSR count). The summed E-state index contributed by atoms with van der Waals surface area (Å²) in [6.45, 7) is 14.4. The van der Waals surface area contributed by atoms with Crippen LogP contribution in [-0.2, 0) is 0 Å². The van der Waals surface area contributed by atoms with Crippen LogP contribution in [-0.4, -0.2) is 16.1 Å². The largest absolute Gasteiger partial charge is 0.242 e. The van der Waals surface area contributed by atoms with Gasteiger partial charge in [0.05, 0.1) is 0 Å². The summed E-state index contributed by atoms with van der Waals surface area (Å²) < 4.78 is 0. The number of rotatable bonds is 2. The summed E-state index contributed by atoms with van der Waals surface area (Å²) in [5.41, 5.74) is 2.65. The van der Waals surface area contributed by atoms with Crippen LogP contribution in [0.15, 0.2) is 0 Å². The molecule has 0 unspecified atom stereocenters. The molecule has 0 spiro atoms. The molecular weight excluding hydrogens is 140 g/mol. The van der Waals surface area contributed by atoms with Gasteiger partial charge >= 0.3 is 0 Å². The molecule has 0 N–H and O–H groups in total. The van der Waals surface area contributed by atoms with E-state index in [0.717, 1.165) is 0 Å². The summed E-state index contributed by atoms with van der Waals surface area (Å²) in [6, 6.07) is 0. The second kappa shape index (κ2) is 2.50. The summed E-state index contributed by atoms with van der Waals surface area (Å²) in [5.74, 6) is 0. The van der Waals surface area contributed by atoms with Gasteiger partial charge in [-0.05, 0) is 44.9 Å². The van der Waals surface area contributed by atoms with Gasteiger partial charge in [0.15, 0.2) is 0 Å². The minimum Gasteiger partial charge on any atom is -0.0292 e. The highest BCUT2D eigenvalue weighted by atomic mass is 28.4. The molecule has 0 aromatic rings. The van der Waals surface area contributed by atoms with Crippen molar-refractivity contribution in [2.45, 2.75) is 39.3 Å². The van der Waals surface area contributed by atoms with Crippen LogP contribution in [0.1, 0.15) is 0 Å². The van der Waals surface area contributed by atoms with E-state index in [4.69, 9.17) is 0 Å². The van der Waals surface area contributed by atoms with Gasteiger partial charge in [-0.25, -0.2) is 0 Å². The first-order chi connectivity index (χ1) is 3.71. The average Bonchev–Trinajstić information content (AvgIpc) is 1.14. The van der Waals surface area contributed by atoms with E-state index in [0.29, 0.717) is 0 Å². The Morgan fingerprint density at radius 2 is 0.889 bits per heavy atom. The molecule has 0 heterocycles. The lowest BCUT2D eigenvalue weighted by Crippen LogP contribution is -2.36. The molecule has 0 atom stereocenters. The molecule has 54 valence electrons. The highest BCUT2D eigenvalue weighted by Gasteiger charge is 2.35. The van der Waals surface area contributed by atoms with E-state index in [1.807, 2.05) is 0 Å². The molecule has 0 aliphatic carbocycles. The van der Waals surface area contributed by atoms with Gasteiger partial charge < -0.3 is 0 Å². The van der Waals surface area contributed by atoms with Gasteiger partial charge in [-0.1, -0.05) is 0 Å². The Balaban J connectivity index is 3.75. The third kappa shape index (κ3) is 8.30. The Bertz CT molecular complexity index is 72.1. The normalized spacial score (nSPS) is 13.6. The van der Waals surface area contributed by atoms with Crippen LogP contribution in [0.5, 0.6) is 0 Å². The molecular formula is C7H19Si2+. The Labute approximate surface area is 61.7 Å².